The highest BCUT2D eigenvalue weighted by Crippen LogP contribution is 2.13. The van der Waals surface area contributed by atoms with Crippen molar-refractivity contribution >= 4 is 5.97 Å². The zero-order valence-corrected chi connectivity index (χ0v) is 10.4. The second-order valence-electron chi connectivity index (χ2n) is 4.05. The Kier molecular flexibility index (Phi) is 3.66. The normalized spacial score (nSPS) is 10.2. The van der Waals surface area contributed by atoms with E-state index in [9.17, 15) is 9.59 Å². The van der Waals surface area contributed by atoms with E-state index in [0.717, 1.165) is 11.3 Å². The van der Waals surface area contributed by atoms with Gasteiger partial charge in [0.05, 0.1) is 7.11 Å². The fourth-order valence-corrected chi connectivity index (χ4v) is 1.77. The van der Waals surface area contributed by atoms with Crippen LogP contribution in [0.2, 0.25) is 0 Å². The molecule has 0 fully saturated rings. The summed E-state index contributed by atoms with van der Waals surface area (Å²) < 4.78 is 6.77. The first-order valence-corrected chi connectivity index (χ1v) is 5.66. The molecule has 5 heteroatoms. The van der Waals surface area contributed by atoms with Crippen LogP contribution in [0.15, 0.2) is 47.5 Å². The first-order chi connectivity index (χ1) is 9.10. The van der Waals surface area contributed by atoms with E-state index in [1.54, 1.807) is 17.9 Å². The van der Waals surface area contributed by atoms with E-state index < -0.39 is 11.4 Å². The van der Waals surface area contributed by atoms with Crippen molar-refractivity contribution in [2.24, 2.45) is 0 Å². The van der Waals surface area contributed by atoms with Gasteiger partial charge in [-0.2, -0.15) is 0 Å². The number of methoxy groups -OCH3 is 1. The summed E-state index contributed by atoms with van der Waals surface area (Å²) in [5.74, 6) is -0.484. The predicted octanol–water partition coefficient (Wildman–Crippen LogP) is 1.60. The smallest absolute Gasteiger partial charge is 0.341 e. The maximum atomic E-state index is 11.4. The summed E-state index contributed by atoms with van der Waals surface area (Å²) >= 11 is 0. The minimum atomic E-state index is -1.22. The van der Waals surface area contributed by atoms with Crippen LogP contribution in [-0.2, 0) is 6.54 Å². The molecule has 1 heterocycles. The van der Waals surface area contributed by atoms with Crippen LogP contribution >= 0.6 is 0 Å². The highest BCUT2D eigenvalue weighted by atomic mass is 16.5. The summed E-state index contributed by atoms with van der Waals surface area (Å²) in [5.41, 5.74) is 0.235. The van der Waals surface area contributed by atoms with Crippen LogP contribution < -0.4 is 10.2 Å². The second-order valence-corrected chi connectivity index (χ2v) is 4.05. The topological polar surface area (TPSA) is 68.5 Å². The molecule has 2 aromatic rings. The second kappa shape index (κ2) is 5.39. The maximum absolute atomic E-state index is 11.4. The van der Waals surface area contributed by atoms with Gasteiger partial charge in [0.15, 0.2) is 5.43 Å². The number of nitrogens with zero attached hydrogens (tertiary/aromatic N) is 1. The number of benzene rings is 1. The zero-order valence-electron chi connectivity index (χ0n) is 10.4. The van der Waals surface area contributed by atoms with Crippen LogP contribution in [-0.4, -0.2) is 22.8 Å². The van der Waals surface area contributed by atoms with Gasteiger partial charge in [0.2, 0.25) is 0 Å². The van der Waals surface area contributed by atoms with Gasteiger partial charge in [-0.25, -0.2) is 4.79 Å². The van der Waals surface area contributed by atoms with Crippen LogP contribution in [0.4, 0.5) is 0 Å². The molecule has 98 valence electrons. The van der Waals surface area contributed by atoms with E-state index in [1.807, 2.05) is 24.3 Å². The predicted molar refractivity (Wildman–Crippen MR) is 69.8 cm³/mol. The molecule has 0 amide bonds. The first-order valence-electron chi connectivity index (χ1n) is 5.66. The molecule has 1 aromatic heterocycles. The van der Waals surface area contributed by atoms with Crippen LogP contribution in [0.25, 0.3) is 0 Å². The van der Waals surface area contributed by atoms with Gasteiger partial charge in [0.1, 0.15) is 11.3 Å². The minimum absolute atomic E-state index is 0.231. The lowest BCUT2D eigenvalue weighted by atomic mass is 10.2. The van der Waals surface area contributed by atoms with Crippen molar-refractivity contribution in [3.8, 4) is 5.75 Å². The number of hydrogen-bond donors (Lipinski definition) is 1. The molecular formula is C14H13NO4. The van der Waals surface area contributed by atoms with Gasteiger partial charge in [-0.1, -0.05) is 12.1 Å². The van der Waals surface area contributed by atoms with Gasteiger partial charge < -0.3 is 14.4 Å². The van der Waals surface area contributed by atoms with Crippen molar-refractivity contribution in [2.75, 3.05) is 7.11 Å². The first kappa shape index (κ1) is 12.9. The SMILES string of the molecule is COc1cccc(Cn2ccc(=O)c(C(=O)O)c2)c1. The van der Waals surface area contributed by atoms with Crippen LogP contribution in [0.5, 0.6) is 5.75 Å². The lowest BCUT2D eigenvalue weighted by Crippen LogP contribution is -2.16. The van der Waals surface area contributed by atoms with Gasteiger partial charge in [-0.05, 0) is 17.7 Å². The molecule has 0 saturated heterocycles. The van der Waals surface area contributed by atoms with Gasteiger partial charge in [0, 0.05) is 25.0 Å². The largest absolute Gasteiger partial charge is 0.497 e. The number of carboxylic acid groups (broad SMARTS) is 1. The number of carbonyl (C=O) groups is 1. The molecule has 0 aliphatic heterocycles. The van der Waals surface area contributed by atoms with Crippen LogP contribution in [0, 0.1) is 0 Å². The third-order valence-corrected chi connectivity index (χ3v) is 2.71. The van der Waals surface area contributed by atoms with E-state index in [-0.39, 0.29) is 5.56 Å². The average Bonchev–Trinajstić information content (AvgIpc) is 2.41. The van der Waals surface area contributed by atoms with Gasteiger partial charge >= 0.3 is 5.97 Å². The number of aromatic nitrogens is 1. The Labute approximate surface area is 109 Å². The number of hydrogen-bond acceptors (Lipinski definition) is 3. The van der Waals surface area contributed by atoms with E-state index >= 15 is 0 Å². The van der Waals surface area contributed by atoms with E-state index in [1.165, 1.54) is 12.3 Å². The Morgan fingerprint density at radius 3 is 2.84 bits per heavy atom. The summed E-state index contributed by atoms with van der Waals surface area (Å²) in [7, 11) is 1.58. The van der Waals surface area contributed by atoms with Gasteiger partial charge in [0.25, 0.3) is 0 Å². The molecule has 1 aromatic carbocycles. The van der Waals surface area contributed by atoms with Crippen molar-refractivity contribution in [1.82, 2.24) is 4.57 Å². The number of pyridine rings is 1. The average molecular weight is 259 g/mol. The molecule has 2 rings (SSSR count). The molecule has 19 heavy (non-hydrogen) atoms. The van der Waals surface area contributed by atoms with Crippen LogP contribution in [0.3, 0.4) is 0 Å². The molecule has 0 aliphatic carbocycles. The Morgan fingerprint density at radius 1 is 1.37 bits per heavy atom. The number of rotatable bonds is 4. The van der Waals surface area contributed by atoms with Crippen molar-refractivity contribution < 1.29 is 14.6 Å². The molecule has 5 nitrogen and oxygen atoms in total. The van der Waals surface area contributed by atoms with Crippen molar-refractivity contribution in [1.29, 1.82) is 0 Å². The Balaban J connectivity index is 2.30. The van der Waals surface area contributed by atoms with E-state index in [2.05, 4.69) is 0 Å². The summed E-state index contributed by atoms with van der Waals surface area (Å²) in [6.07, 6.45) is 2.90. The molecule has 0 unspecified atom stereocenters. The molecule has 0 atom stereocenters. The third-order valence-electron chi connectivity index (χ3n) is 2.71. The number of carboxylic acids is 1. The fraction of sp³-hybridized carbons (Fsp3) is 0.143. The lowest BCUT2D eigenvalue weighted by molar-refractivity contribution is 0.0694. The van der Waals surface area contributed by atoms with Crippen LogP contribution in [0.1, 0.15) is 15.9 Å². The molecular weight excluding hydrogens is 246 g/mol. The molecule has 0 bridgehead atoms. The van der Waals surface area contributed by atoms with Gasteiger partial charge in [-0.15, -0.1) is 0 Å². The Bertz CT molecular complexity index is 660. The molecule has 0 saturated carbocycles. The Hall–Kier alpha value is -2.56. The summed E-state index contributed by atoms with van der Waals surface area (Å²) in [4.78, 5) is 22.2. The molecule has 0 radical (unpaired) electrons. The minimum Gasteiger partial charge on any atom is -0.497 e. The van der Waals surface area contributed by atoms with E-state index in [0.29, 0.717) is 6.54 Å². The molecule has 0 spiro atoms. The quantitative estimate of drug-likeness (QED) is 0.905. The van der Waals surface area contributed by atoms with Crippen molar-refractivity contribution in [3.05, 3.63) is 64.1 Å². The van der Waals surface area contributed by atoms with Crippen molar-refractivity contribution in [2.45, 2.75) is 6.54 Å². The zero-order chi connectivity index (χ0) is 13.8. The number of ether oxygens (including phenoxy) is 1. The number of aromatic carboxylic acids is 1. The van der Waals surface area contributed by atoms with Gasteiger partial charge in [-0.3, -0.25) is 4.79 Å². The fourth-order valence-electron chi connectivity index (χ4n) is 1.77. The monoisotopic (exact) mass is 259 g/mol. The summed E-state index contributed by atoms with van der Waals surface area (Å²) in [6, 6.07) is 8.70. The molecule has 1 N–H and O–H groups in total. The molecule has 0 aliphatic rings. The van der Waals surface area contributed by atoms with Crippen molar-refractivity contribution in [3.63, 3.8) is 0 Å². The third kappa shape index (κ3) is 3.01. The highest BCUT2D eigenvalue weighted by molar-refractivity contribution is 5.86. The summed E-state index contributed by atoms with van der Waals surface area (Å²) in [6.45, 7) is 0.470. The highest BCUT2D eigenvalue weighted by Gasteiger charge is 2.08. The lowest BCUT2D eigenvalue weighted by Gasteiger charge is -2.08. The summed E-state index contributed by atoms with van der Waals surface area (Å²) in [5, 5.41) is 8.91. The van der Waals surface area contributed by atoms with E-state index in [4.69, 9.17) is 9.84 Å². The standard InChI is InChI=1S/C14H13NO4/c1-19-11-4-2-3-10(7-11)8-15-6-5-13(16)12(9-15)14(17)18/h2-7,9H,8H2,1H3,(H,17,18). The maximum Gasteiger partial charge on any atom is 0.341 e. The Morgan fingerprint density at radius 2 is 2.16 bits per heavy atom.